The van der Waals surface area contributed by atoms with Gasteiger partial charge in [0.2, 0.25) is 0 Å². The van der Waals surface area contributed by atoms with Gasteiger partial charge in [-0.15, -0.1) is 0 Å². The van der Waals surface area contributed by atoms with E-state index in [0.717, 1.165) is 28.0 Å². The molecular weight excluding hydrogens is 532 g/mol. The molecule has 42 heavy (non-hydrogen) atoms. The zero-order valence-electron chi connectivity index (χ0n) is 23.8. The Hall–Kier alpha value is -3.56. The Balaban J connectivity index is 1.36. The van der Waals surface area contributed by atoms with Crippen LogP contribution in [-0.4, -0.2) is 49.5 Å². The average Bonchev–Trinajstić information content (AvgIpc) is 3.04. The largest absolute Gasteiger partial charge is 0.497 e. The minimum Gasteiger partial charge on any atom is -0.497 e. The summed E-state index contributed by atoms with van der Waals surface area (Å²) >= 11 is 0. The van der Waals surface area contributed by atoms with Gasteiger partial charge < -0.3 is 33.5 Å². The van der Waals surface area contributed by atoms with Crippen molar-refractivity contribution in [3.05, 3.63) is 138 Å². The van der Waals surface area contributed by atoms with Crippen LogP contribution < -0.4 is 4.74 Å². The molecule has 220 valence electrons. The van der Waals surface area contributed by atoms with E-state index in [1.165, 1.54) is 0 Å². The summed E-state index contributed by atoms with van der Waals surface area (Å²) < 4.78 is 36.8. The van der Waals surface area contributed by atoms with Crippen molar-refractivity contribution in [2.75, 3.05) is 13.7 Å². The summed E-state index contributed by atoms with van der Waals surface area (Å²) in [5, 5.41) is 11.2. The number of hydrogen-bond donors (Lipinski definition) is 1. The van der Waals surface area contributed by atoms with Crippen molar-refractivity contribution in [3.63, 3.8) is 0 Å². The summed E-state index contributed by atoms with van der Waals surface area (Å²) in [7, 11) is 1.63. The lowest BCUT2D eigenvalue weighted by Crippen LogP contribution is -2.61. The van der Waals surface area contributed by atoms with Gasteiger partial charge in [0.15, 0.2) is 6.29 Å². The summed E-state index contributed by atoms with van der Waals surface area (Å²) in [6.45, 7) is 1.54. The maximum Gasteiger partial charge on any atom is 0.184 e. The molecule has 1 N–H and O–H groups in total. The van der Waals surface area contributed by atoms with Gasteiger partial charge in [-0.05, 0) is 34.4 Å². The number of aliphatic hydroxyl groups excluding tert-OH is 1. The highest BCUT2D eigenvalue weighted by Gasteiger charge is 2.48. The van der Waals surface area contributed by atoms with Gasteiger partial charge in [-0.1, -0.05) is 103 Å². The molecule has 7 heteroatoms. The van der Waals surface area contributed by atoms with Crippen molar-refractivity contribution < 1.29 is 33.5 Å². The van der Waals surface area contributed by atoms with Crippen molar-refractivity contribution in [1.82, 2.24) is 0 Å². The van der Waals surface area contributed by atoms with E-state index in [9.17, 15) is 5.11 Å². The van der Waals surface area contributed by atoms with Crippen molar-refractivity contribution in [2.45, 2.75) is 57.1 Å². The SMILES string of the molecule is COc1ccc(CO[C@@H]2[C@@H](OCc3ccccc3)[C@H](OCc3ccccc3)[C@@H](COCc3ccccc3)O[C@@H]2O)cc1. The highest BCUT2D eigenvalue weighted by molar-refractivity contribution is 5.26. The van der Waals surface area contributed by atoms with Crippen LogP contribution in [0.3, 0.4) is 0 Å². The van der Waals surface area contributed by atoms with Gasteiger partial charge in [0.25, 0.3) is 0 Å². The van der Waals surface area contributed by atoms with E-state index >= 15 is 0 Å². The third-order valence-electron chi connectivity index (χ3n) is 7.18. The number of methoxy groups -OCH3 is 1. The van der Waals surface area contributed by atoms with Gasteiger partial charge in [0, 0.05) is 0 Å². The third-order valence-corrected chi connectivity index (χ3v) is 7.18. The smallest absolute Gasteiger partial charge is 0.184 e. The van der Waals surface area contributed by atoms with Gasteiger partial charge in [-0.3, -0.25) is 0 Å². The molecule has 4 aromatic rings. The highest BCUT2D eigenvalue weighted by atomic mass is 16.7. The molecule has 0 bridgehead atoms. The molecule has 0 radical (unpaired) electrons. The molecule has 1 aliphatic heterocycles. The number of rotatable bonds is 14. The molecule has 0 amide bonds. The topological polar surface area (TPSA) is 75.6 Å². The first-order valence-electron chi connectivity index (χ1n) is 14.2. The van der Waals surface area contributed by atoms with E-state index in [1.807, 2.05) is 115 Å². The first-order valence-corrected chi connectivity index (χ1v) is 14.2. The predicted octanol–water partition coefficient (Wildman–Crippen LogP) is 5.69. The van der Waals surface area contributed by atoms with Crippen LogP contribution in [0.25, 0.3) is 0 Å². The molecule has 1 heterocycles. The van der Waals surface area contributed by atoms with E-state index in [2.05, 4.69) is 0 Å². The van der Waals surface area contributed by atoms with Crippen LogP contribution in [0.15, 0.2) is 115 Å². The molecule has 4 aromatic carbocycles. The summed E-state index contributed by atoms with van der Waals surface area (Å²) in [5.41, 5.74) is 4.00. The van der Waals surface area contributed by atoms with Crippen LogP contribution in [0.5, 0.6) is 5.75 Å². The van der Waals surface area contributed by atoms with Crippen LogP contribution in [0.2, 0.25) is 0 Å². The number of ether oxygens (including phenoxy) is 6. The van der Waals surface area contributed by atoms with Gasteiger partial charge in [0.1, 0.15) is 30.2 Å². The fourth-order valence-electron chi connectivity index (χ4n) is 4.91. The fourth-order valence-corrected chi connectivity index (χ4v) is 4.91. The van der Waals surface area contributed by atoms with Crippen molar-refractivity contribution in [2.24, 2.45) is 0 Å². The molecule has 0 saturated carbocycles. The standard InChI is InChI=1S/C35H38O7/c1-37-30-19-17-29(18-20-30)24-41-34-33(40-23-28-15-9-4-10-16-28)32(39-22-27-13-7-3-8-14-27)31(42-35(34)36)25-38-21-26-11-5-2-6-12-26/h2-20,31-36H,21-25H2,1H3/t31-,32-,33+,34-,35+/m1/s1. The monoisotopic (exact) mass is 570 g/mol. The second-order valence-electron chi connectivity index (χ2n) is 10.2. The molecule has 0 spiro atoms. The van der Waals surface area contributed by atoms with Gasteiger partial charge >= 0.3 is 0 Å². The zero-order chi connectivity index (χ0) is 29.0. The minimum atomic E-state index is -1.24. The lowest BCUT2D eigenvalue weighted by molar-refractivity contribution is -0.317. The van der Waals surface area contributed by atoms with Crippen molar-refractivity contribution in [3.8, 4) is 5.75 Å². The molecule has 5 rings (SSSR count). The number of hydrogen-bond acceptors (Lipinski definition) is 7. The number of benzene rings is 4. The van der Waals surface area contributed by atoms with Gasteiger partial charge in [-0.2, -0.15) is 0 Å². The Morgan fingerprint density at radius 1 is 0.548 bits per heavy atom. The van der Waals surface area contributed by atoms with Crippen molar-refractivity contribution >= 4 is 0 Å². The van der Waals surface area contributed by atoms with E-state index in [-0.39, 0.29) is 13.2 Å². The van der Waals surface area contributed by atoms with E-state index < -0.39 is 30.7 Å². The Morgan fingerprint density at radius 2 is 1.00 bits per heavy atom. The third kappa shape index (κ3) is 8.49. The zero-order valence-corrected chi connectivity index (χ0v) is 23.8. The van der Waals surface area contributed by atoms with E-state index in [1.54, 1.807) is 7.11 Å². The molecule has 0 aromatic heterocycles. The molecule has 7 nitrogen and oxygen atoms in total. The lowest BCUT2D eigenvalue weighted by atomic mass is 9.98. The normalized spacial score (nSPS) is 22.1. The molecular formula is C35H38O7. The molecule has 1 aliphatic rings. The average molecular weight is 571 g/mol. The maximum atomic E-state index is 11.2. The molecule has 0 aliphatic carbocycles. The predicted molar refractivity (Wildman–Crippen MR) is 159 cm³/mol. The Bertz CT molecular complexity index is 1300. The fraction of sp³-hybridized carbons (Fsp3) is 0.314. The Kier molecular flexibility index (Phi) is 11.1. The van der Waals surface area contributed by atoms with E-state index in [0.29, 0.717) is 19.8 Å². The highest BCUT2D eigenvalue weighted by Crippen LogP contribution is 2.30. The summed E-state index contributed by atoms with van der Waals surface area (Å²) in [5.74, 6) is 0.761. The first kappa shape index (κ1) is 29.9. The van der Waals surface area contributed by atoms with Crippen LogP contribution in [-0.2, 0) is 50.1 Å². The Morgan fingerprint density at radius 3 is 1.52 bits per heavy atom. The Labute approximate surface area is 247 Å². The lowest BCUT2D eigenvalue weighted by Gasteiger charge is -2.44. The minimum absolute atomic E-state index is 0.210. The second-order valence-corrected chi connectivity index (χ2v) is 10.2. The number of aliphatic hydroxyl groups is 1. The van der Waals surface area contributed by atoms with Crippen LogP contribution in [0.4, 0.5) is 0 Å². The molecule has 1 fully saturated rings. The summed E-state index contributed by atoms with van der Waals surface area (Å²) in [4.78, 5) is 0. The van der Waals surface area contributed by atoms with E-state index in [4.69, 9.17) is 28.4 Å². The maximum absolute atomic E-state index is 11.2. The molecule has 5 atom stereocenters. The van der Waals surface area contributed by atoms with Crippen molar-refractivity contribution in [1.29, 1.82) is 0 Å². The summed E-state index contributed by atoms with van der Waals surface area (Å²) in [6.07, 6.45) is -3.85. The van der Waals surface area contributed by atoms with Crippen LogP contribution in [0, 0.1) is 0 Å². The quantitative estimate of drug-likeness (QED) is 0.209. The molecule has 0 unspecified atom stereocenters. The first-order chi connectivity index (χ1) is 20.7. The second kappa shape index (κ2) is 15.6. The summed E-state index contributed by atoms with van der Waals surface area (Å²) in [6, 6.07) is 37.4. The van der Waals surface area contributed by atoms with Crippen LogP contribution >= 0.6 is 0 Å². The van der Waals surface area contributed by atoms with Crippen LogP contribution in [0.1, 0.15) is 22.3 Å². The van der Waals surface area contributed by atoms with Gasteiger partial charge in [-0.25, -0.2) is 0 Å². The molecule has 1 saturated heterocycles. The van der Waals surface area contributed by atoms with Gasteiger partial charge in [0.05, 0.1) is 40.1 Å².